The van der Waals surface area contributed by atoms with E-state index in [1.807, 2.05) is 13.1 Å². The Bertz CT molecular complexity index is 342. The van der Waals surface area contributed by atoms with Crippen LogP contribution in [0.3, 0.4) is 0 Å². The first-order valence-electron chi connectivity index (χ1n) is 5.46. The number of rotatable bonds is 3. The largest absolute Gasteiger partial charge is 0.291 e. The molecule has 0 N–H and O–H groups in total. The van der Waals surface area contributed by atoms with Crippen molar-refractivity contribution in [3.05, 3.63) is 36.5 Å². The number of thioether (sulfide) groups is 1. The van der Waals surface area contributed by atoms with Crippen LogP contribution in [0.2, 0.25) is 0 Å². The van der Waals surface area contributed by atoms with Gasteiger partial charge in [-0.25, -0.2) is 0 Å². The van der Waals surface area contributed by atoms with Crippen molar-refractivity contribution < 1.29 is 0 Å². The van der Waals surface area contributed by atoms with E-state index in [-0.39, 0.29) is 0 Å². The molecule has 2 nitrogen and oxygen atoms in total. The van der Waals surface area contributed by atoms with Gasteiger partial charge in [0, 0.05) is 13.0 Å². The maximum Gasteiger partial charge on any atom is 0.0983 e. The Hall–Kier alpha value is -0.960. The van der Waals surface area contributed by atoms with E-state index >= 15 is 0 Å². The van der Waals surface area contributed by atoms with Crippen LogP contribution < -0.4 is 0 Å². The molecule has 1 rings (SSSR count). The molecule has 1 heterocycles. The van der Waals surface area contributed by atoms with E-state index in [1.54, 1.807) is 17.8 Å². The monoisotopic (exact) mass is 236 g/mol. The lowest BCUT2D eigenvalue weighted by Crippen LogP contribution is -2.30. The Kier molecular flexibility index (Phi) is 4.87. The minimum absolute atomic E-state index is 0.351. The van der Waals surface area contributed by atoms with Gasteiger partial charge in [-0.3, -0.25) is 5.01 Å². The molecule has 1 aliphatic heterocycles. The van der Waals surface area contributed by atoms with Gasteiger partial charge in [0.25, 0.3) is 0 Å². The van der Waals surface area contributed by atoms with Crippen LogP contribution in [0.15, 0.2) is 41.6 Å². The number of hydrogen-bond acceptors (Lipinski definition) is 3. The lowest BCUT2D eigenvalue weighted by atomic mass is 9.95. The molecule has 0 aliphatic carbocycles. The van der Waals surface area contributed by atoms with Crippen LogP contribution in [0.4, 0.5) is 0 Å². The summed E-state index contributed by atoms with van der Waals surface area (Å²) in [6.07, 6.45) is 10.1. The lowest BCUT2D eigenvalue weighted by molar-refractivity contribution is 0.290. The standard InChI is InChI=1S/C13H20N2S/c1-6-8-9-11(7-2)12-10(3)13(16-5)14-15(12)4/h6-10,12H,1H2,2-5H3/b9-8-,11-7+. The van der Waals surface area contributed by atoms with Gasteiger partial charge in [0.15, 0.2) is 0 Å². The molecule has 0 amide bonds. The number of likely N-dealkylation sites (N-methyl/N-ethyl adjacent to an activating group) is 1. The first-order chi connectivity index (χ1) is 7.65. The van der Waals surface area contributed by atoms with Crippen molar-refractivity contribution in [2.45, 2.75) is 19.9 Å². The highest BCUT2D eigenvalue weighted by Crippen LogP contribution is 2.30. The molecule has 0 spiro atoms. The molecular formula is C13H20N2S. The highest BCUT2D eigenvalue weighted by molar-refractivity contribution is 8.13. The molecular weight excluding hydrogens is 216 g/mol. The number of allylic oxidation sites excluding steroid dienone is 3. The molecule has 2 unspecified atom stereocenters. The van der Waals surface area contributed by atoms with E-state index < -0.39 is 0 Å². The highest BCUT2D eigenvalue weighted by Gasteiger charge is 2.32. The normalized spacial score (nSPS) is 26.4. The minimum atomic E-state index is 0.351. The molecule has 1 aliphatic rings. The van der Waals surface area contributed by atoms with Gasteiger partial charge in [0.1, 0.15) is 0 Å². The van der Waals surface area contributed by atoms with Crippen LogP contribution in [0, 0.1) is 5.92 Å². The second-order valence-electron chi connectivity index (χ2n) is 3.83. The van der Waals surface area contributed by atoms with Crippen molar-refractivity contribution in [2.75, 3.05) is 13.3 Å². The summed E-state index contributed by atoms with van der Waals surface area (Å²) in [5.74, 6) is 0.459. The zero-order valence-electron chi connectivity index (χ0n) is 10.5. The van der Waals surface area contributed by atoms with Crippen LogP contribution in [-0.4, -0.2) is 29.4 Å². The zero-order valence-corrected chi connectivity index (χ0v) is 11.3. The molecule has 0 saturated carbocycles. The summed E-state index contributed by atoms with van der Waals surface area (Å²) in [6, 6.07) is 0.351. The van der Waals surface area contributed by atoms with Crippen LogP contribution in [-0.2, 0) is 0 Å². The molecule has 0 fully saturated rings. The quantitative estimate of drug-likeness (QED) is 0.699. The molecule has 3 heteroatoms. The average Bonchev–Trinajstić information content (AvgIpc) is 2.57. The predicted molar refractivity (Wildman–Crippen MR) is 74.8 cm³/mol. The first kappa shape index (κ1) is 13.1. The summed E-state index contributed by atoms with van der Waals surface area (Å²) < 4.78 is 0. The van der Waals surface area contributed by atoms with Gasteiger partial charge in [0.05, 0.1) is 11.1 Å². The van der Waals surface area contributed by atoms with Crippen molar-refractivity contribution >= 4 is 16.8 Å². The Balaban J connectivity index is 2.89. The summed E-state index contributed by atoms with van der Waals surface area (Å²) in [7, 11) is 2.04. The van der Waals surface area contributed by atoms with Crippen molar-refractivity contribution in [1.29, 1.82) is 0 Å². The summed E-state index contributed by atoms with van der Waals surface area (Å²) in [5, 5.41) is 7.82. The van der Waals surface area contributed by atoms with Crippen LogP contribution in [0.25, 0.3) is 0 Å². The summed E-state index contributed by atoms with van der Waals surface area (Å²) in [4.78, 5) is 0. The Morgan fingerprint density at radius 1 is 1.56 bits per heavy atom. The van der Waals surface area contributed by atoms with E-state index in [0.29, 0.717) is 12.0 Å². The summed E-state index contributed by atoms with van der Waals surface area (Å²) >= 11 is 1.74. The third kappa shape index (κ3) is 2.59. The lowest BCUT2D eigenvalue weighted by Gasteiger charge is -2.23. The van der Waals surface area contributed by atoms with Gasteiger partial charge in [-0.05, 0) is 18.8 Å². The van der Waals surface area contributed by atoms with Crippen molar-refractivity contribution in [3.8, 4) is 0 Å². The van der Waals surface area contributed by atoms with E-state index in [4.69, 9.17) is 0 Å². The van der Waals surface area contributed by atoms with E-state index in [0.717, 1.165) is 0 Å². The molecule has 16 heavy (non-hydrogen) atoms. The molecule has 0 aromatic carbocycles. The topological polar surface area (TPSA) is 15.6 Å². The van der Waals surface area contributed by atoms with E-state index in [9.17, 15) is 0 Å². The summed E-state index contributed by atoms with van der Waals surface area (Å²) in [6.45, 7) is 8.00. The Morgan fingerprint density at radius 3 is 2.69 bits per heavy atom. The fourth-order valence-electron chi connectivity index (χ4n) is 2.04. The third-order valence-electron chi connectivity index (χ3n) is 2.83. The number of hydrazone groups is 1. The molecule has 88 valence electrons. The van der Waals surface area contributed by atoms with E-state index in [1.165, 1.54) is 10.6 Å². The minimum Gasteiger partial charge on any atom is -0.291 e. The molecule has 0 saturated heterocycles. The SMILES string of the molecule is C=C/C=C\C(=C/C)C1C(C)C(SC)=NN1C. The van der Waals surface area contributed by atoms with Gasteiger partial charge in [-0.1, -0.05) is 37.8 Å². The van der Waals surface area contributed by atoms with Crippen molar-refractivity contribution in [3.63, 3.8) is 0 Å². The Labute approximate surface area is 103 Å². The second-order valence-corrected chi connectivity index (χ2v) is 4.66. The van der Waals surface area contributed by atoms with Crippen LogP contribution in [0.5, 0.6) is 0 Å². The van der Waals surface area contributed by atoms with Crippen molar-refractivity contribution in [1.82, 2.24) is 5.01 Å². The molecule has 2 atom stereocenters. The van der Waals surface area contributed by atoms with Crippen molar-refractivity contribution in [2.24, 2.45) is 11.0 Å². The summed E-state index contributed by atoms with van der Waals surface area (Å²) in [5.41, 5.74) is 1.29. The fourth-order valence-corrected chi connectivity index (χ4v) is 2.75. The van der Waals surface area contributed by atoms with Gasteiger partial charge >= 0.3 is 0 Å². The molecule has 0 aromatic heterocycles. The van der Waals surface area contributed by atoms with Crippen LogP contribution in [0.1, 0.15) is 13.8 Å². The highest BCUT2D eigenvalue weighted by atomic mass is 32.2. The van der Waals surface area contributed by atoms with E-state index in [2.05, 4.69) is 48.9 Å². The average molecular weight is 236 g/mol. The first-order valence-corrected chi connectivity index (χ1v) is 6.68. The van der Waals surface area contributed by atoms with Gasteiger partial charge in [-0.15, -0.1) is 11.8 Å². The maximum absolute atomic E-state index is 4.56. The van der Waals surface area contributed by atoms with Gasteiger partial charge in [-0.2, -0.15) is 5.10 Å². The maximum atomic E-state index is 4.56. The predicted octanol–water partition coefficient (Wildman–Crippen LogP) is 3.30. The van der Waals surface area contributed by atoms with Crippen LogP contribution >= 0.6 is 11.8 Å². The third-order valence-corrected chi connectivity index (χ3v) is 3.70. The van der Waals surface area contributed by atoms with Gasteiger partial charge < -0.3 is 0 Å². The molecule has 0 aromatic rings. The number of hydrogen-bond donors (Lipinski definition) is 0. The van der Waals surface area contributed by atoms with Gasteiger partial charge in [0.2, 0.25) is 0 Å². The molecule has 0 bridgehead atoms. The Morgan fingerprint density at radius 2 is 2.25 bits per heavy atom. The fraction of sp³-hybridized carbons (Fsp3) is 0.462. The smallest absolute Gasteiger partial charge is 0.0983 e. The number of nitrogens with zero attached hydrogens (tertiary/aromatic N) is 2. The molecule has 0 radical (unpaired) electrons. The second kappa shape index (κ2) is 5.94. The zero-order chi connectivity index (χ0) is 12.1.